The SMILES string of the molecule is O=C([C@H]1CC(=O)N(C2CC2)C1)N1CCC[C@H](c2ccn[nH]2)C1. The molecule has 3 heterocycles. The van der Waals surface area contributed by atoms with Crippen molar-refractivity contribution in [1.82, 2.24) is 20.0 Å². The zero-order valence-electron chi connectivity index (χ0n) is 12.7. The number of amides is 2. The van der Waals surface area contributed by atoms with Crippen LogP contribution in [0.3, 0.4) is 0 Å². The van der Waals surface area contributed by atoms with Crippen LogP contribution in [0.15, 0.2) is 12.3 Å². The summed E-state index contributed by atoms with van der Waals surface area (Å²) in [7, 11) is 0. The van der Waals surface area contributed by atoms with Crippen LogP contribution in [0.4, 0.5) is 0 Å². The van der Waals surface area contributed by atoms with Gasteiger partial charge in [0.15, 0.2) is 0 Å². The average molecular weight is 302 g/mol. The molecule has 1 aromatic rings. The molecule has 6 nitrogen and oxygen atoms in total. The second-order valence-corrected chi connectivity index (χ2v) is 6.81. The van der Waals surface area contributed by atoms with E-state index in [4.69, 9.17) is 0 Å². The van der Waals surface area contributed by atoms with Crippen molar-refractivity contribution in [2.45, 2.75) is 44.1 Å². The summed E-state index contributed by atoms with van der Waals surface area (Å²) in [5.74, 6) is 0.550. The van der Waals surface area contributed by atoms with E-state index >= 15 is 0 Å². The number of likely N-dealkylation sites (tertiary alicyclic amines) is 2. The number of nitrogens with zero attached hydrogens (tertiary/aromatic N) is 3. The molecule has 1 aliphatic carbocycles. The Morgan fingerprint density at radius 2 is 2.14 bits per heavy atom. The van der Waals surface area contributed by atoms with E-state index in [1.807, 2.05) is 15.9 Å². The van der Waals surface area contributed by atoms with Crippen molar-refractivity contribution in [3.05, 3.63) is 18.0 Å². The topological polar surface area (TPSA) is 69.3 Å². The Kier molecular flexibility index (Phi) is 3.39. The Labute approximate surface area is 129 Å². The zero-order valence-corrected chi connectivity index (χ0v) is 12.7. The van der Waals surface area contributed by atoms with Crippen LogP contribution in [0.5, 0.6) is 0 Å². The average Bonchev–Trinajstić information content (AvgIpc) is 3.09. The molecule has 6 heteroatoms. The van der Waals surface area contributed by atoms with Crippen LogP contribution in [-0.4, -0.2) is 57.5 Å². The van der Waals surface area contributed by atoms with Crippen LogP contribution in [0.1, 0.15) is 43.7 Å². The van der Waals surface area contributed by atoms with E-state index in [9.17, 15) is 9.59 Å². The minimum atomic E-state index is -0.131. The van der Waals surface area contributed by atoms with Crippen LogP contribution in [0, 0.1) is 5.92 Å². The summed E-state index contributed by atoms with van der Waals surface area (Å²) in [6.45, 7) is 2.19. The molecule has 2 aliphatic heterocycles. The van der Waals surface area contributed by atoms with E-state index in [-0.39, 0.29) is 17.7 Å². The smallest absolute Gasteiger partial charge is 0.228 e. The number of aromatic nitrogens is 2. The maximum Gasteiger partial charge on any atom is 0.228 e. The molecule has 4 rings (SSSR count). The molecule has 1 aromatic heterocycles. The first-order valence-electron chi connectivity index (χ1n) is 8.30. The fraction of sp³-hybridized carbons (Fsp3) is 0.688. The maximum atomic E-state index is 12.8. The van der Waals surface area contributed by atoms with E-state index in [0.29, 0.717) is 24.9 Å². The van der Waals surface area contributed by atoms with Crippen molar-refractivity contribution >= 4 is 11.8 Å². The molecule has 0 radical (unpaired) electrons. The van der Waals surface area contributed by atoms with Crippen LogP contribution in [0.25, 0.3) is 0 Å². The first-order chi connectivity index (χ1) is 10.7. The van der Waals surface area contributed by atoms with Gasteiger partial charge in [-0.3, -0.25) is 14.7 Å². The number of nitrogens with one attached hydrogen (secondary N) is 1. The third-order valence-corrected chi connectivity index (χ3v) is 5.19. The number of aromatic amines is 1. The molecule has 0 unspecified atom stereocenters. The van der Waals surface area contributed by atoms with Crippen molar-refractivity contribution in [2.24, 2.45) is 5.92 Å². The fourth-order valence-corrected chi connectivity index (χ4v) is 3.82. The lowest BCUT2D eigenvalue weighted by molar-refractivity contribution is -0.137. The van der Waals surface area contributed by atoms with Crippen LogP contribution < -0.4 is 0 Å². The molecule has 3 fully saturated rings. The van der Waals surface area contributed by atoms with Gasteiger partial charge in [0, 0.05) is 49.9 Å². The number of rotatable bonds is 3. The molecule has 1 saturated carbocycles. The molecule has 0 aromatic carbocycles. The van der Waals surface area contributed by atoms with E-state index < -0.39 is 0 Å². The summed E-state index contributed by atoms with van der Waals surface area (Å²) in [5, 5.41) is 7.03. The van der Waals surface area contributed by atoms with Gasteiger partial charge in [0.05, 0.1) is 5.92 Å². The van der Waals surface area contributed by atoms with Crippen molar-refractivity contribution in [3.8, 4) is 0 Å². The van der Waals surface area contributed by atoms with Gasteiger partial charge in [0.25, 0.3) is 0 Å². The van der Waals surface area contributed by atoms with Gasteiger partial charge in [0.2, 0.25) is 11.8 Å². The molecule has 2 amide bonds. The minimum absolute atomic E-state index is 0.131. The fourth-order valence-electron chi connectivity index (χ4n) is 3.82. The van der Waals surface area contributed by atoms with Crippen molar-refractivity contribution in [2.75, 3.05) is 19.6 Å². The van der Waals surface area contributed by atoms with Crippen molar-refractivity contribution in [1.29, 1.82) is 0 Å². The second-order valence-electron chi connectivity index (χ2n) is 6.81. The molecule has 118 valence electrons. The van der Waals surface area contributed by atoms with Gasteiger partial charge in [-0.05, 0) is 31.7 Å². The number of carbonyl (C=O) groups excluding carboxylic acids is 2. The second kappa shape index (κ2) is 5.41. The summed E-state index contributed by atoms with van der Waals surface area (Å²) in [5.41, 5.74) is 1.11. The van der Waals surface area contributed by atoms with Crippen molar-refractivity contribution in [3.63, 3.8) is 0 Å². The number of hydrogen-bond acceptors (Lipinski definition) is 3. The Morgan fingerprint density at radius 3 is 2.86 bits per heavy atom. The lowest BCUT2D eigenvalue weighted by Crippen LogP contribution is -2.43. The number of piperidine rings is 1. The highest BCUT2D eigenvalue weighted by Crippen LogP contribution is 2.34. The van der Waals surface area contributed by atoms with E-state index in [1.54, 1.807) is 6.20 Å². The van der Waals surface area contributed by atoms with Gasteiger partial charge in [-0.1, -0.05) is 0 Å². The molecule has 1 N–H and O–H groups in total. The van der Waals surface area contributed by atoms with Gasteiger partial charge in [0.1, 0.15) is 0 Å². The summed E-state index contributed by atoms with van der Waals surface area (Å²) >= 11 is 0. The van der Waals surface area contributed by atoms with Crippen LogP contribution in [-0.2, 0) is 9.59 Å². The molecule has 2 atom stereocenters. The third-order valence-electron chi connectivity index (χ3n) is 5.19. The van der Waals surface area contributed by atoms with E-state index in [0.717, 1.165) is 44.5 Å². The van der Waals surface area contributed by atoms with Crippen LogP contribution in [0.2, 0.25) is 0 Å². The largest absolute Gasteiger partial charge is 0.342 e. The van der Waals surface area contributed by atoms with Crippen molar-refractivity contribution < 1.29 is 9.59 Å². The summed E-state index contributed by atoms with van der Waals surface area (Å²) in [6, 6.07) is 2.41. The van der Waals surface area contributed by atoms with Gasteiger partial charge < -0.3 is 9.80 Å². The monoisotopic (exact) mass is 302 g/mol. The Morgan fingerprint density at radius 1 is 1.27 bits per heavy atom. The molecule has 2 saturated heterocycles. The summed E-state index contributed by atoms with van der Waals surface area (Å²) < 4.78 is 0. The first-order valence-corrected chi connectivity index (χ1v) is 8.30. The summed E-state index contributed by atoms with van der Waals surface area (Å²) in [6.07, 6.45) is 6.49. The minimum Gasteiger partial charge on any atom is -0.342 e. The predicted octanol–water partition coefficient (Wildman–Crippen LogP) is 1.13. The third kappa shape index (κ3) is 2.51. The molecule has 0 spiro atoms. The Hall–Kier alpha value is -1.85. The van der Waals surface area contributed by atoms with E-state index in [2.05, 4.69) is 10.2 Å². The van der Waals surface area contributed by atoms with Gasteiger partial charge in [-0.2, -0.15) is 5.10 Å². The Bertz CT molecular complexity index is 567. The molecular weight excluding hydrogens is 280 g/mol. The Balaban J connectivity index is 1.41. The molecule has 22 heavy (non-hydrogen) atoms. The number of hydrogen-bond donors (Lipinski definition) is 1. The van der Waals surface area contributed by atoms with Crippen LogP contribution >= 0.6 is 0 Å². The number of carbonyl (C=O) groups is 2. The maximum absolute atomic E-state index is 12.8. The standard InChI is InChI=1S/C16H22N4O2/c21-15-8-12(10-20(15)13-3-4-13)16(22)19-7-1-2-11(9-19)14-5-6-17-18-14/h5-6,11-13H,1-4,7-10H2,(H,17,18)/t11-,12-/m0/s1. The number of H-pyrrole nitrogens is 1. The molecular formula is C16H22N4O2. The predicted molar refractivity (Wildman–Crippen MR) is 80.0 cm³/mol. The first kappa shape index (κ1) is 13.8. The molecule has 3 aliphatic rings. The normalized spacial score (nSPS) is 29.2. The van der Waals surface area contributed by atoms with Gasteiger partial charge in [-0.25, -0.2) is 0 Å². The molecule has 0 bridgehead atoms. The highest BCUT2D eigenvalue weighted by molar-refractivity contribution is 5.89. The highest BCUT2D eigenvalue weighted by atomic mass is 16.2. The van der Waals surface area contributed by atoms with E-state index in [1.165, 1.54) is 0 Å². The lowest BCUT2D eigenvalue weighted by atomic mass is 9.93. The highest BCUT2D eigenvalue weighted by Gasteiger charge is 2.43. The zero-order chi connectivity index (χ0) is 15.1. The van der Waals surface area contributed by atoms with Gasteiger partial charge >= 0.3 is 0 Å². The van der Waals surface area contributed by atoms with Gasteiger partial charge in [-0.15, -0.1) is 0 Å². The quantitative estimate of drug-likeness (QED) is 0.910. The summed E-state index contributed by atoms with van der Waals surface area (Å²) in [4.78, 5) is 28.7. The lowest BCUT2D eigenvalue weighted by Gasteiger charge is -2.33.